The van der Waals surface area contributed by atoms with Gasteiger partial charge in [0.15, 0.2) is 0 Å². The molecule has 2 amide bonds. The van der Waals surface area contributed by atoms with Gasteiger partial charge in [-0.3, -0.25) is 14.5 Å². The van der Waals surface area contributed by atoms with Crippen LogP contribution in [0.3, 0.4) is 0 Å². The third-order valence-corrected chi connectivity index (χ3v) is 6.31. The second kappa shape index (κ2) is 8.90. The molecule has 164 valence electrons. The van der Waals surface area contributed by atoms with E-state index in [2.05, 4.69) is 4.90 Å². The van der Waals surface area contributed by atoms with Gasteiger partial charge in [-0.05, 0) is 18.6 Å². The number of benzene rings is 1. The summed E-state index contributed by atoms with van der Waals surface area (Å²) in [4.78, 5) is 36.4. The zero-order valence-corrected chi connectivity index (χ0v) is 17.7. The molecule has 4 heterocycles. The number of pyridine rings is 1. The second-order valence-corrected chi connectivity index (χ2v) is 8.35. The average molecular weight is 425 g/mol. The summed E-state index contributed by atoms with van der Waals surface area (Å²) in [7, 11) is 0. The Kier molecular flexibility index (Phi) is 5.85. The number of carbonyl (C=O) groups excluding carboxylic acids is 2. The van der Waals surface area contributed by atoms with E-state index in [1.807, 2.05) is 40.1 Å². The molecule has 1 unspecified atom stereocenters. The van der Waals surface area contributed by atoms with Crippen molar-refractivity contribution in [2.75, 3.05) is 65.6 Å². The Balaban J connectivity index is 1.40. The molecule has 2 aromatic rings. The molecule has 8 heteroatoms. The van der Waals surface area contributed by atoms with Crippen LogP contribution in [0, 0.1) is 0 Å². The maximum Gasteiger partial charge on any atom is 0.254 e. The van der Waals surface area contributed by atoms with Gasteiger partial charge in [-0.15, -0.1) is 0 Å². The van der Waals surface area contributed by atoms with Gasteiger partial charge in [-0.1, -0.05) is 18.2 Å². The summed E-state index contributed by atoms with van der Waals surface area (Å²) in [6.45, 7) is 6.32. The van der Waals surface area contributed by atoms with E-state index >= 15 is 0 Å². The minimum Gasteiger partial charge on any atom is -0.378 e. The highest BCUT2D eigenvalue weighted by Crippen LogP contribution is 2.27. The third kappa shape index (κ3) is 4.28. The topological polar surface area (TPSA) is 75.2 Å². The van der Waals surface area contributed by atoms with Crippen molar-refractivity contribution in [2.45, 2.75) is 12.5 Å². The standard InChI is InChI=1S/C23H28N4O4/c28-22(26-6-3-7-26)16-25-8-13-31-21(15-25)20-14-18(17-4-1-2-5-19(17)24-20)23(29)27-9-11-30-12-10-27/h1-2,4-5,14,21H,3,6-13,15-16H2. The number of rotatable bonds is 4. The lowest BCUT2D eigenvalue weighted by atomic mass is 10.0. The molecule has 31 heavy (non-hydrogen) atoms. The predicted molar refractivity (Wildman–Crippen MR) is 115 cm³/mol. The number of hydrogen-bond donors (Lipinski definition) is 0. The average Bonchev–Trinajstić information content (AvgIpc) is 2.77. The molecule has 1 aromatic heterocycles. The van der Waals surface area contributed by atoms with Crippen molar-refractivity contribution in [3.8, 4) is 0 Å². The molecule has 3 saturated heterocycles. The van der Waals surface area contributed by atoms with Crippen LogP contribution in [-0.4, -0.2) is 97.1 Å². The van der Waals surface area contributed by atoms with Gasteiger partial charge in [0.05, 0.1) is 43.1 Å². The van der Waals surface area contributed by atoms with Gasteiger partial charge in [0.25, 0.3) is 5.91 Å². The fourth-order valence-corrected chi connectivity index (χ4v) is 4.36. The number of ether oxygens (including phenoxy) is 2. The van der Waals surface area contributed by atoms with Crippen molar-refractivity contribution in [2.24, 2.45) is 0 Å². The molecule has 0 spiro atoms. The molecule has 0 radical (unpaired) electrons. The second-order valence-electron chi connectivity index (χ2n) is 8.35. The summed E-state index contributed by atoms with van der Waals surface area (Å²) in [6, 6.07) is 9.62. The van der Waals surface area contributed by atoms with E-state index < -0.39 is 0 Å². The lowest BCUT2D eigenvalue weighted by Crippen LogP contribution is -2.49. The Labute approximate surface area is 181 Å². The van der Waals surface area contributed by atoms with E-state index in [1.165, 1.54) is 0 Å². The SMILES string of the molecule is O=C(CN1CCOC(c2cc(C(=O)N3CCOCC3)c3ccccc3n2)C1)N1CCC1. The number of hydrogen-bond acceptors (Lipinski definition) is 6. The predicted octanol–water partition coefficient (Wildman–Crippen LogP) is 1.31. The monoisotopic (exact) mass is 424 g/mol. The fraction of sp³-hybridized carbons (Fsp3) is 0.522. The number of nitrogens with zero attached hydrogens (tertiary/aromatic N) is 4. The summed E-state index contributed by atoms with van der Waals surface area (Å²) in [5.41, 5.74) is 2.19. The van der Waals surface area contributed by atoms with Crippen molar-refractivity contribution < 1.29 is 19.1 Å². The van der Waals surface area contributed by atoms with E-state index in [1.54, 1.807) is 0 Å². The maximum atomic E-state index is 13.3. The van der Waals surface area contributed by atoms with Crippen molar-refractivity contribution >= 4 is 22.7 Å². The Morgan fingerprint density at radius 1 is 1.00 bits per heavy atom. The number of fused-ring (bicyclic) bond motifs is 1. The van der Waals surface area contributed by atoms with E-state index in [0.717, 1.165) is 42.7 Å². The maximum absolute atomic E-state index is 13.3. The first-order valence-electron chi connectivity index (χ1n) is 11.1. The minimum absolute atomic E-state index is 0.00350. The van der Waals surface area contributed by atoms with Crippen molar-refractivity contribution in [3.05, 3.63) is 41.6 Å². The van der Waals surface area contributed by atoms with Gasteiger partial charge < -0.3 is 19.3 Å². The number of likely N-dealkylation sites (tertiary alicyclic amines) is 1. The Bertz CT molecular complexity index is 971. The zero-order valence-electron chi connectivity index (χ0n) is 17.7. The van der Waals surface area contributed by atoms with Crippen LogP contribution in [-0.2, 0) is 14.3 Å². The highest BCUT2D eigenvalue weighted by Gasteiger charge is 2.29. The van der Waals surface area contributed by atoms with E-state index in [0.29, 0.717) is 51.6 Å². The molecule has 1 atom stereocenters. The molecule has 3 aliphatic rings. The van der Waals surface area contributed by atoms with Gasteiger partial charge in [0.2, 0.25) is 5.91 Å². The van der Waals surface area contributed by atoms with Gasteiger partial charge in [0, 0.05) is 44.7 Å². The van der Waals surface area contributed by atoms with Crippen molar-refractivity contribution in [1.82, 2.24) is 19.7 Å². The first kappa shape index (κ1) is 20.4. The molecule has 0 aliphatic carbocycles. The van der Waals surface area contributed by atoms with Crippen LogP contribution in [0.1, 0.15) is 28.6 Å². The van der Waals surface area contributed by atoms with Crippen LogP contribution in [0.25, 0.3) is 10.9 Å². The van der Waals surface area contributed by atoms with Crippen LogP contribution in [0.4, 0.5) is 0 Å². The number of aromatic nitrogens is 1. The molecule has 3 aliphatic heterocycles. The highest BCUT2D eigenvalue weighted by molar-refractivity contribution is 6.06. The molecule has 5 rings (SSSR count). The Morgan fingerprint density at radius 2 is 1.81 bits per heavy atom. The molecule has 3 fully saturated rings. The number of para-hydroxylation sites is 1. The molecule has 0 bridgehead atoms. The largest absolute Gasteiger partial charge is 0.378 e. The van der Waals surface area contributed by atoms with E-state index in [-0.39, 0.29) is 17.9 Å². The van der Waals surface area contributed by atoms with Crippen LogP contribution in [0.15, 0.2) is 30.3 Å². The smallest absolute Gasteiger partial charge is 0.254 e. The quantitative estimate of drug-likeness (QED) is 0.737. The summed E-state index contributed by atoms with van der Waals surface area (Å²) in [5, 5.41) is 0.850. The summed E-state index contributed by atoms with van der Waals surface area (Å²) in [6.07, 6.45) is 0.831. The summed E-state index contributed by atoms with van der Waals surface area (Å²) in [5.74, 6) is 0.185. The normalized spacial score (nSPS) is 22.4. The number of amides is 2. The van der Waals surface area contributed by atoms with Gasteiger partial charge in [-0.25, -0.2) is 4.98 Å². The molecule has 8 nitrogen and oxygen atoms in total. The Morgan fingerprint density at radius 3 is 2.58 bits per heavy atom. The number of morpholine rings is 2. The Hall–Kier alpha value is -2.55. The molecule has 1 aromatic carbocycles. The first-order valence-corrected chi connectivity index (χ1v) is 11.1. The van der Waals surface area contributed by atoms with Crippen molar-refractivity contribution in [3.63, 3.8) is 0 Å². The lowest BCUT2D eigenvalue weighted by molar-refractivity contribution is -0.137. The van der Waals surface area contributed by atoms with Crippen LogP contribution in [0.2, 0.25) is 0 Å². The molecular weight excluding hydrogens is 396 g/mol. The van der Waals surface area contributed by atoms with Crippen LogP contribution >= 0.6 is 0 Å². The van der Waals surface area contributed by atoms with Crippen molar-refractivity contribution in [1.29, 1.82) is 0 Å². The minimum atomic E-state index is -0.265. The van der Waals surface area contributed by atoms with Gasteiger partial charge >= 0.3 is 0 Å². The highest BCUT2D eigenvalue weighted by atomic mass is 16.5. The molecular formula is C23H28N4O4. The molecule has 0 N–H and O–H groups in total. The molecule has 0 saturated carbocycles. The first-order chi connectivity index (χ1) is 15.2. The summed E-state index contributed by atoms with van der Waals surface area (Å²) >= 11 is 0. The van der Waals surface area contributed by atoms with Gasteiger partial charge in [-0.2, -0.15) is 0 Å². The fourth-order valence-electron chi connectivity index (χ4n) is 4.36. The van der Waals surface area contributed by atoms with E-state index in [9.17, 15) is 9.59 Å². The van der Waals surface area contributed by atoms with Gasteiger partial charge in [0.1, 0.15) is 6.10 Å². The van der Waals surface area contributed by atoms with Crippen LogP contribution in [0.5, 0.6) is 0 Å². The zero-order chi connectivity index (χ0) is 21.2. The lowest BCUT2D eigenvalue weighted by Gasteiger charge is -2.36. The summed E-state index contributed by atoms with van der Waals surface area (Å²) < 4.78 is 11.4. The van der Waals surface area contributed by atoms with E-state index in [4.69, 9.17) is 14.5 Å². The third-order valence-electron chi connectivity index (χ3n) is 6.31. The van der Waals surface area contributed by atoms with Crippen LogP contribution < -0.4 is 0 Å². The number of carbonyl (C=O) groups is 2.